The Kier molecular flexibility index (Phi) is 4.26. The van der Waals surface area contributed by atoms with Crippen LogP contribution in [0.1, 0.15) is 12.8 Å². The van der Waals surface area contributed by atoms with Gasteiger partial charge < -0.3 is 15.1 Å². The molecule has 0 unspecified atom stereocenters. The zero-order chi connectivity index (χ0) is 20.8. The molecule has 2 aliphatic rings. The Bertz CT molecular complexity index is 1230. The number of nitrogens with zero attached hydrogens (tertiary/aromatic N) is 6. The molecule has 0 radical (unpaired) electrons. The number of nitrogens with one attached hydrogen (secondary N) is 1. The fourth-order valence-electron chi connectivity index (χ4n) is 4.81. The van der Waals surface area contributed by atoms with E-state index >= 15 is 0 Å². The summed E-state index contributed by atoms with van der Waals surface area (Å²) in [6.45, 7) is 2.83. The number of rotatable bonds is 3. The Morgan fingerprint density at radius 1 is 0.935 bits per heavy atom. The summed E-state index contributed by atoms with van der Waals surface area (Å²) < 4.78 is 1.84. The van der Waals surface area contributed by atoms with Crippen LogP contribution in [0.3, 0.4) is 0 Å². The summed E-state index contributed by atoms with van der Waals surface area (Å²) in [6, 6.07) is 19.3. The van der Waals surface area contributed by atoms with Gasteiger partial charge in [-0.1, -0.05) is 42.5 Å². The molecule has 0 aliphatic carbocycles. The van der Waals surface area contributed by atoms with Crippen molar-refractivity contribution in [2.24, 2.45) is 7.05 Å². The van der Waals surface area contributed by atoms with Gasteiger partial charge in [-0.05, 0) is 25.0 Å². The van der Waals surface area contributed by atoms with Gasteiger partial charge in [-0.3, -0.25) is 4.68 Å². The molecule has 0 bridgehead atoms. The number of benzene rings is 2. The van der Waals surface area contributed by atoms with Crippen LogP contribution in [0.5, 0.6) is 0 Å². The lowest BCUT2D eigenvalue weighted by molar-refractivity contribution is 0.474. The number of anilines is 3. The van der Waals surface area contributed by atoms with Crippen LogP contribution in [0.4, 0.5) is 17.2 Å². The van der Waals surface area contributed by atoms with Crippen LogP contribution in [-0.4, -0.2) is 45.5 Å². The largest absolute Gasteiger partial charge is 0.366 e. The van der Waals surface area contributed by atoms with E-state index in [9.17, 15) is 0 Å². The maximum Gasteiger partial charge on any atom is 0.163 e. The monoisotopic (exact) mass is 411 g/mol. The third kappa shape index (κ3) is 3.08. The number of hydrogen-bond acceptors (Lipinski definition) is 6. The standard InChI is InChI=1S/C24H25N7/c1-29-23-19(15-26-29)24(28-22(27-23)17-7-3-2-4-8-17)30-13-11-18(12-14-30)31-16-25-20-9-5-6-10-21(20)31/h2-10,15,18,25H,11-14,16H2,1H3. The zero-order valence-electron chi connectivity index (χ0n) is 17.6. The van der Waals surface area contributed by atoms with Gasteiger partial charge in [0.25, 0.3) is 0 Å². The van der Waals surface area contributed by atoms with E-state index in [1.165, 1.54) is 11.4 Å². The van der Waals surface area contributed by atoms with Crippen molar-refractivity contribution in [3.05, 3.63) is 60.8 Å². The van der Waals surface area contributed by atoms with Crippen LogP contribution in [0.2, 0.25) is 0 Å². The number of fused-ring (bicyclic) bond motifs is 2. The molecule has 0 atom stereocenters. The van der Waals surface area contributed by atoms with Crippen molar-refractivity contribution in [3.8, 4) is 11.4 Å². The fourth-order valence-corrected chi connectivity index (χ4v) is 4.81. The lowest BCUT2D eigenvalue weighted by Crippen LogP contribution is -2.45. The van der Waals surface area contributed by atoms with Crippen molar-refractivity contribution >= 4 is 28.2 Å². The minimum Gasteiger partial charge on any atom is -0.366 e. The van der Waals surface area contributed by atoms with E-state index < -0.39 is 0 Å². The highest BCUT2D eigenvalue weighted by molar-refractivity contribution is 5.88. The molecule has 1 saturated heterocycles. The molecule has 7 heteroatoms. The quantitative estimate of drug-likeness (QED) is 0.552. The van der Waals surface area contributed by atoms with E-state index in [1.807, 2.05) is 36.1 Å². The highest BCUT2D eigenvalue weighted by atomic mass is 15.3. The van der Waals surface area contributed by atoms with Gasteiger partial charge in [0, 0.05) is 31.7 Å². The predicted octanol–water partition coefficient (Wildman–Crippen LogP) is 3.89. The van der Waals surface area contributed by atoms with E-state index in [1.54, 1.807) is 0 Å². The summed E-state index contributed by atoms with van der Waals surface area (Å²) in [5.74, 6) is 1.75. The van der Waals surface area contributed by atoms with Gasteiger partial charge >= 0.3 is 0 Å². The highest BCUT2D eigenvalue weighted by Gasteiger charge is 2.30. The average Bonchev–Trinajstić information content (AvgIpc) is 3.43. The second-order valence-corrected chi connectivity index (χ2v) is 8.28. The van der Waals surface area contributed by atoms with Crippen LogP contribution in [0.25, 0.3) is 22.4 Å². The van der Waals surface area contributed by atoms with E-state index in [0.29, 0.717) is 6.04 Å². The third-order valence-electron chi connectivity index (χ3n) is 6.46. The topological polar surface area (TPSA) is 62.1 Å². The molecule has 2 aromatic carbocycles. The number of aryl methyl sites for hydroxylation is 1. The van der Waals surface area contributed by atoms with Gasteiger partial charge in [0.1, 0.15) is 5.82 Å². The summed E-state index contributed by atoms with van der Waals surface area (Å²) in [5.41, 5.74) is 4.47. The second-order valence-electron chi connectivity index (χ2n) is 8.28. The van der Waals surface area contributed by atoms with Crippen molar-refractivity contribution in [2.45, 2.75) is 18.9 Å². The summed E-state index contributed by atoms with van der Waals surface area (Å²) in [5, 5.41) is 9.01. The average molecular weight is 412 g/mol. The minimum absolute atomic E-state index is 0.534. The molecule has 4 aromatic rings. The first-order valence-electron chi connectivity index (χ1n) is 10.9. The minimum atomic E-state index is 0.534. The predicted molar refractivity (Wildman–Crippen MR) is 124 cm³/mol. The van der Waals surface area contributed by atoms with Gasteiger partial charge in [-0.2, -0.15) is 5.10 Å². The zero-order valence-corrected chi connectivity index (χ0v) is 17.6. The molecule has 31 heavy (non-hydrogen) atoms. The first-order chi connectivity index (χ1) is 15.3. The maximum atomic E-state index is 5.00. The van der Waals surface area contributed by atoms with Crippen molar-refractivity contribution in [1.29, 1.82) is 0 Å². The van der Waals surface area contributed by atoms with Gasteiger partial charge in [0.15, 0.2) is 11.5 Å². The third-order valence-corrected chi connectivity index (χ3v) is 6.46. The van der Waals surface area contributed by atoms with Crippen molar-refractivity contribution in [2.75, 3.05) is 34.9 Å². The molecular weight excluding hydrogens is 386 g/mol. The molecule has 1 N–H and O–H groups in total. The molecule has 6 rings (SSSR count). The van der Waals surface area contributed by atoms with Gasteiger partial charge in [-0.25, -0.2) is 9.97 Å². The molecule has 1 fully saturated rings. The summed E-state index contributed by atoms with van der Waals surface area (Å²) in [6.07, 6.45) is 4.09. The molecule has 7 nitrogen and oxygen atoms in total. The Hall–Kier alpha value is -3.61. The number of para-hydroxylation sites is 2. The molecule has 2 aromatic heterocycles. The highest BCUT2D eigenvalue weighted by Crippen LogP contribution is 2.36. The number of aromatic nitrogens is 4. The van der Waals surface area contributed by atoms with Crippen molar-refractivity contribution < 1.29 is 0 Å². The fraction of sp³-hybridized carbons (Fsp3) is 0.292. The van der Waals surface area contributed by atoms with Crippen LogP contribution in [-0.2, 0) is 7.05 Å². The van der Waals surface area contributed by atoms with Gasteiger partial charge in [-0.15, -0.1) is 0 Å². The smallest absolute Gasteiger partial charge is 0.163 e. The summed E-state index contributed by atoms with van der Waals surface area (Å²) >= 11 is 0. The van der Waals surface area contributed by atoms with E-state index in [2.05, 4.69) is 56.6 Å². The first kappa shape index (κ1) is 18.2. The Morgan fingerprint density at radius 3 is 2.55 bits per heavy atom. The van der Waals surface area contributed by atoms with Crippen LogP contribution < -0.4 is 15.1 Å². The van der Waals surface area contributed by atoms with Gasteiger partial charge in [0.05, 0.1) is 29.6 Å². The van der Waals surface area contributed by atoms with Crippen LogP contribution >= 0.6 is 0 Å². The number of hydrogen-bond donors (Lipinski definition) is 1. The molecule has 4 heterocycles. The first-order valence-corrected chi connectivity index (χ1v) is 10.9. The lowest BCUT2D eigenvalue weighted by Gasteiger charge is -2.38. The van der Waals surface area contributed by atoms with Crippen LogP contribution in [0.15, 0.2) is 60.8 Å². The Labute approximate surface area is 181 Å². The summed E-state index contributed by atoms with van der Waals surface area (Å²) in [4.78, 5) is 14.7. The van der Waals surface area contributed by atoms with Crippen molar-refractivity contribution in [3.63, 3.8) is 0 Å². The van der Waals surface area contributed by atoms with Gasteiger partial charge in [0.2, 0.25) is 0 Å². The Morgan fingerprint density at radius 2 is 1.71 bits per heavy atom. The molecule has 156 valence electrons. The van der Waals surface area contributed by atoms with Crippen LogP contribution in [0, 0.1) is 0 Å². The summed E-state index contributed by atoms with van der Waals surface area (Å²) in [7, 11) is 1.94. The number of piperidine rings is 1. The lowest BCUT2D eigenvalue weighted by atomic mass is 10.0. The second kappa shape index (κ2) is 7.27. The Balaban J connectivity index is 1.29. The SMILES string of the molecule is Cn1ncc2c(N3CCC(N4CNc5ccccc54)CC3)nc(-c3ccccc3)nc21. The molecule has 0 amide bonds. The molecule has 0 saturated carbocycles. The van der Waals surface area contributed by atoms with E-state index in [-0.39, 0.29) is 0 Å². The van der Waals surface area contributed by atoms with Crippen molar-refractivity contribution in [1.82, 2.24) is 19.7 Å². The van der Waals surface area contributed by atoms with E-state index in [0.717, 1.165) is 60.8 Å². The normalized spacial score (nSPS) is 16.5. The molecule has 2 aliphatic heterocycles. The molecule has 0 spiro atoms. The van der Waals surface area contributed by atoms with E-state index in [4.69, 9.17) is 9.97 Å². The maximum absolute atomic E-state index is 5.00. The molecular formula is C24H25N7.